The third kappa shape index (κ3) is 3.12. The van der Waals surface area contributed by atoms with E-state index in [1.807, 2.05) is 6.92 Å². The number of nitrogens with zero attached hydrogens (tertiary/aromatic N) is 3. The normalized spacial score (nSPS) is 19.2. The number of halogens is 1. The summed E-state index contributed by atoms with van der Waals surface area (Å²) in [6, 6.07) is 0.0958. The minimum atomic E-state index is -0.279. The van der Waals surface area contributed by atoms with Crippen LogP contribution in [0.5, 0.6) is 0 Å². The molecule has 1 atom stereocenters. The molecule has 0 radical (unpaired) electrons. The Bertz CT molecular complexity index is 558. The second kappa shape index (κ2) is 6.26. The number of likely N-dealkylation sites (tertiary alicyclic amines) is 1. The molecule has 0 aromatic carbocycles. The summed E-state index contributed by atoms with van der Waals surface area (Å²) in [7, 11) is 1.77. The van der Waals surface area contributed by atoms with Crippen molar-refractivity contribution in [1.29, 1.82) is 0 Å². The molecule has 1 amide bonds. The number of hydrogen-bond donors (Lipinski definition) is 1. The number of anilines is 1. The zero-order valence-corrected chi connectivity index (χ0v) is 12.5. The van der Waals surface area contributed by atoms with Crippen molar-refractivity contribution in [2.24, 2.45) is 0 Å². The number of nitrogens with one attached hydrogen (secondary N) is 1. The van der Waals surface area contributed by atoms with Crippen molar-refractivity contribution in [2.75, 3.05) is 18.9 Å². The number of amides is 1. The predicted molar refractivity (Wildman–Crippen MR) is 78.1 cm³/mol. The third-order valence-corrected chi connectivity index (χ3v) is 3.77. The van der Waals surface area contributed by atoms with Crippen molar-refractivity contribution < 1.29 is 4.79 Å². The fourth-order valence-electron chi connectivity index (χ4n) is 2.29. The summed E-state index contributed by atoms with van der Waals surface area (Å²) >= 11 is 6.10. The van der Waals surface area contributed by atoms with Crippen LogP contribution in [0.25, 0.3) is 0 Å². The largest absolute Gasteiger partial charge is 0.378 e. The Balaban J connectivity index is 2.12. The molecule has 1 aliphatic heterocycles. The Morgan fingerprint density at radius 1 is 1.50 bits per heavy atom. The quantitative estimate of drug-likeness (QED) is 0.911. The highest BCUT2D eigenvalue weighted by atomic mass is 35.5. The number of rotatable bonds is 4. The summed E-state index contributed by atoms with van der Waals surface area (Å²) in [6.07, 6.45) is 3.64. The fourth-order valence-corrected chi connectivity index (χ4v) is 2.49. The molecule has 0 bridgehead atoms. The summed E-state index contributed by atoms with van der Waals surface area (Å²) in [6.45, 7) is 3.13. The van der Waals surface area contributed by atoms with E-state index >= 15 is 0 Å². The molecule has 2 heterocycles. The molecule has 20 heavy (non-hydrogen) atoms. The SMILES string of the molecule is CCCn1ncc(NC2CCC(=O)N(C)C2)c(Cl)c1=O. The lowest BCUT2D eigenvalue weighted by atomic mass is 10.1. The number of likely N-dealkylation sites (N-methyl/N-ethyl adjacent to an activating group) is 1. The van der Waals surface area contributed by atoms with Crippen LogP contribution in [0.2, 0.25) is 5.02 Å². The van der Waals surface area contributed by atoms with E-state index in [0.29, 0.717) is 25.2 Å². The lowest BCUT2D eigenvalue weighted by Gasteiger charge is -2.30. The van der Waals surface area contributed by atoms with Gasteiger partial charge in [-0.25, -0.2) is 4.68 Å². The minimum absolute atomic E-state index is 0.0958. The zero-order chi connectivity index (χ0) is 14.7. The van der Waals surface area contributed by atoms with E-state index < -0.39 is 0 Å². The molecule has 1 aliphatic rings. The number of piperidine rings is 1. The molecule has 1 saturated heterocycles. The first kappa shape index (κ1) is 14.8. The van der Waals surface area contributed by atoms with Crippen LogP contribution in [0.4, 0.5) is 5.69 Å². The van der Waals surface area contributed by atoms with Crippen LogP contribution < -0.4 is 10.9 Å². The molecule has 1 unspecified atom stereocenters. The molecule has 110 valence electrons. The number of carbonyl (C=O) groups excluding carboxylic acids is 1. The van der Waals surface area contributed by atoms with Crippen molar-refractivity contribution in [1.82, 2.24) is 14.7 Å². The van der Waals surface area contributed by atoms with Gasteiger partial charge in [0.2, 0.25) is 5.91 Å². The topological polar surface area (TPSA) is 67.2 Å². The number of aryl methyl sites for hydroxylation is 1. The molecular formula is C13H19ClN4O2. The first-order valence-corrected chi connectivity index (χ1v) is 7.16. The molecule has 1 aromatic heterocycles. The van der Waals surface area contributed by atoms with Gasteiger partial charge in [-0.2, -0.15) is 5.10 Å². The molecule has 7 heteroatoms. The molecule has 6 nitrogen and oxygen atoms in total. The Morgan fingerprint density at radius 3 is 2.90 bits per heavy atom. The van der Waals surface area contributed by atoms with Crippen LogP contribution in [0.15, 0.2) is 11.0 Å². The lowest BCUT2D eigenvalue weighted by Crippen LogP contribution is -2.43. The Kier molecular flexibility index (Phi) is 4.65. The molecule has 1 fully saturated rings. The molecule has 0 spiro atoms. The molecule has 1 N–H and O–H groups in total. The van der Waals surface area contributed by atoms with Gasteiger partial charge in [-0.1, -0.05) is 18.5 Å². The summed E-state index contributed by atoms with van der Waals surface area (Å²) in [5.41, 5.74) is 0.260. The summed E-state index contributed by atoms with van der Waals surface area (Å²) < 4.78 is 1.37. The first-order valence-electron chi connectivity index (χ1n) is 6.79. The number of carbonyl (C=O) groups is 1. The van der Waals surface area contributed by atoms with Crippen molar-refractivity contribution in [2.45, 2.75) is 38.8 Å². The van der Waals surface area contributed by atoms with Crippen LogP contribution in [0.3, 0.4) is 0 Å². The van der Waals surface area contributed by atoms with E-state index in [9.17, 15) is 9.59 Å². The van der Waals surface area contributed by atoms with Gasteiger partial charge < -0.3 is 10.2 Å². The third-order valence-electron chi connectivity index (χ3n) is 3.41. The van der Waals surface area contributed by atoms with E-state index in [1.54, 1.807) is 18.1 Å². The summed E-state index contributed by atoms with van der Waals surface area (Å²) in [4.78, 5) is 25.1. The number of aromatic nitrogens is 2. The van der Waals surface area contributed by atoms with Gasteiger partial charge in [-0.15, -0.1) is 0 Å². The summed E-state index contributed by atoms with van der Waals surface area (Å²) in [5.74, 6) is 0.144. The van der Waals surface area contributed by atoms with Gasteiger partial charge in [0.1, 0.15) is 5.02 Å². The number of hydrogen-bond acceptors (Lipinski definition) is 4. The van der Waals surface area contributed by atoms with Gasteiger partial charge in [0.15, 0.2) is 0 Å². The van der Waals surface area contributed by atoms with Crippen molar-refractivity contribution >= 4 is 23.2 Å². The smallest absolute Gasteiger partial charge is 0.287 e. The lowest BCUT2D eigenvalue weighted by molar-refractivity contribution is -0.132. The maximum Gasteiger partial charge on any atom is 0.287 e. The van der Waals surface area contributed by atoms with Crippen LogP contribution in [-0.2, 0) is 11.3 Å². The average molecular weight is 299 g/mol. The molecule has 0 saturated carbocycles. The van der Waals surface area contributed by atoms with E-state index in [4.69, 9.17) is 11.6 Å². The first-order chi connectivity index (χ1) is 9.52. The molecular weight excluding hydrogens is 280 g/mol. The Labute approximate surface area is 122 Å². The van der Waals surface area contributed by atoms with Gasteiger partial charge in [0.05, 0.1) is 11.9 Å². The standard InChI is InChI=1S/C13H19ClN4O2/c1-3-6-18-13(20)12(14)10(7-15-18)16-9-4-5-11(19)17(2)8-9/h7,9,16H,3-6,8H2,1-2H3. The maximum atomic E-state index is 12.0. The van der Waals surface area contributed by atoms with Crippen LogP contribution in [0, 0.1) is 0 Å². The van der Waals surface area contributed by atoms with E-state index in [-0.39, 0.29) is 22.5 Å². The van der Waals surface area contributed by atoms with Crippen LogP contribution in [-0.4, -0.2) is 40.2 Å². The van der Waals surface area contributed by atoms with E-state index in [2.05, 4.69) is 10.4 Å². The zero-order valence-electron chi connectivity index (χ0n) is 11.7. The van der Waals surface area contributed by atoms with Gasteiger partial charge >= 0.3 is 0 Å². The average Bonchev–Trinajstić information content (AvgIpc) is 2.42. The van der Waals surface area contributed by atoms with E-state index in [1.165, 1.54) is 4.68 Å². The van der Waals surface area contributed by atoms with Crippen molar-refractivity contribution in [3.05, 3.63) is 21.6 Å². The van der Waals surface area contributed by atoms with Crippen molar-refractivity contribution in [3.63, 3.8) is 0 Å². The molecule has 1 aromatic rings. The highest BCUT2D eigenvalue weighted by molar-refractivity contribution is 6.32. The monoisotopic (exact) mass is 298 g/mol. The van der Waals surface area contributed by atoms with Crippen LogP contribution >= 0.6 is 11.6 Å². The highest BCUT2D eigenvalue weighted by Crippen LogP contribution is 2.20. The highest BCUT2D eigenvalue weighted by Gasteiger charge is 2.23. The second-order valence-electron chi connectivity index (χ2n) is 5.05. The molecule has 2 rings (SSSR count). The fraction of sp³-hybridized carbons (Fsp3) is 0.615. The van der Waals surface area contributed by atoms with Gasteiger partial charge in [-0.05, 0) is 12.8 Å². The van der Waals surface area contributed by atoms with Crippen LogP contribution in [0.1, 0.15) is 26.2 Å². The van der Waals surface area contributed by atoms with Gasteiger partial charge in [0, 0.05) is 32.6 Å². The summed E-state index contributed by atoms with van der Waals surface area (Å²) in [5, 5.41) is 7.47. The van der Waals surface area contributed by atoms with E-state index in [0.717, 1.165) is 12.8 Å². The minimum Gasteiger partial charge on any atom is -0.378 e. The second-order valence-corrected chi connectivity index (χ2v) is 5.43. The van der Waals surface area contributed by atoms with Gasteiger partial charge in [0.25, 0.3) is 5.56 Å². The van der Waals surface area contributed by atoms with Crippen molar-refractivity contribution in [3.8, 4) is 0 Å². The Morgan fingerprint density at radius 2 is 2.25 bits per heavy atom. The van der Waals surface area contributed by atoms with Gasteiger partial charge in [-0.3, -0.25) is 9.59 Å². The maximum absolute atomic E-state index is 12.0. The molecule has 0 aliphatic carbocycles. The predicted octanol–water partition coefficient (Wildman–Crippen LogP) is 1.34. The Hall–Kier alpha value is -1.56.